The summed E-state index contributed by atoms with van der Waals surface area (Å²) in [7, 11) is 0. The first-order valence-electron chi connectivity index (χ1n) is 11.7. The summed E-state index contributed by atoms with van der Waals surface area (Å²) in [6, 6.07) is 15.2. The molecule has 1 N–H and O–H groups in total. The number of hydrogen-bond donors (Lipinski definition) is 1. The first-order chi connectivity index (χ1) is 16.7. The number of carbonyl (C=O) groups is 1. The van der Waals surface area contributed by atoms with Crippen molar-refractivity contribution in [1.29, 1.82) is 0 Å². The lowest BCUT2D eigenvalue weighted by molar-refractivity contribution is -0.139. The minimum Gasteiger partial charge on any atom is -0.490 e. The maximum Gasteiger partial charge on any atom is 0.338 e. The minimum absolute atomic E-state index is 0.287. The molecule has 4 rings (SSSR count). The summed E-state index contributed by atoms with van der Waals surface area (Å²) in [5.74, 6) is 1.46. The molecule has 8 nitrogen and oxygen atoms in total. The van der Waals surface area contributed by atoms with Crippen molar-refractivity contribution < 1.29 is 19.0 Å². The van der Waals surface area contributed by atoms with Gasteiger partial charge in [0.25, 0.3) is 0 Å². The van der Waals surface area contributed by atoms with Crippen LogP contribution in [0, 0.1) is 0 Å². The van der Waals surface area contributed by atoms with Crippen molar-refractivity contribution in [2.75, 3.05) is 18.5 Å². The maximum atomic E-state index is 13.1. The van der Waals surface area contributed by atoms with Crippen molar-refractivity contribution >= 4 is 11.9 Å². The van der Waals surface area contributed by atoms with Gasteiger partial charge in [0.15, 0.2) is 11.5 Å². The predicted molar refractivity (Wildman–Crippen MR) is 129 cm³/mol. The molecule has 0 saturated heterocycles. The fourth-order valence-corrected chi connectivity index (χ4v) is 4.03. The Labute approximate surface area is 199 Å². The van der Waals surface area contributed by atoms with Crippen LogP contribution in [0.1, 0.15) is 50.8 Å². The smallest absolute Gasteiger partial charge is 0.338 e. The van der Waals surface area contributed by atoms with E-state index in [2.05, 4.69) is 22.3 Å². The van der Waals surface area contributed by atoms with Crippen LogP contribution in [0.15, 0.2) is 66.1 Å². The van der Waals surface area contributed by atoms with Gasteiger partial charge in [-0.1, -0.05) is 49.7 Å². The van der Waals surface area contributed by atoms with E-state index in [0.717, 1.165) is 23.2 Å². The average Bonchev–Trinajstić information content (AvgIpc) is 3.32. The van der Waals surface area contributed by atoms with E-state index in [-0.39, 0.29) is 12.6 Å². The third-order valence-electron chi connectivity index (χ3n) is 5.49. The normalized spacial score (nSPS) is 14.9. The molecule has 8 heteroatoms. The fraction of sp³-hybridized carbons (Fsp3) is 0.346. The van der Waals surface area contributed by atoms with Gasteiger partial charge in [-0.25, -0.2) is 9.48 Å². The summed E-state index contributed by atoms with van der Waals surface area (Å²) in [6.45, 7) is 6.99. The molecule has 34 heavy (non-hydrogen) atoms. The van der Waals surface area contributed by atoms with Gasteiger partial charge in [0.1, 0.15) is 19.0 Å². The van der Waals surface area contributed by atoms with Gasteiger partial charge < -0.3 is 19.5 Å². The highest BCUT2D eigenvalue weighted by molar-refractivity contribution is 5.92. The molecule has 0 unspecified atom stereocenters. The van der Waals surface area contributed by atoms with Crippen LogP contribution in [0.25, 0.3) is 0 Å². The Morgan fingerprint density at radius 3 is 2.59 bits per heavy atom. The Morgan fingerprint density at radius 1 is 1.03 bits per heavy atom. The third-order valence-corrected chi connectivity index (χ3v) is 5.49. The third kappa shape index (κ3) is 4.90. The molecule has 0 fully saturated rings. The molecule has 2 heterocycles. The molecule has 178 valence electrons. The van der Waals surface area contributed by atoms with Crippen LogP contribution in [0.3, 0.4) is 0 Å². The zero-order valence-electron chi connectivity index (χ0n) is 19.8. The second-order valence-corrected chi connectivity index (χ2v) is 7.83. The Morgan fingerprint density at radius 2 is 1.85 bits per heavy atom. The van der Waals surface area contributed by atoms with Crippen LogP contribution < -0.4 is 14.8 Å². The lowest BCUT2D eigenvalue weighted by atomic mass is 9.93. The van der Waals surface area contributed by atoms with Crippen molar-refractivity contribution in [2.45, 2.75) is 46.3 Å². The molecular formula is C26H30N4O4. The van der Waals surface area contributed by atoms with Crippen LogP contribution in [0.2, 0.25) is 0 Å². The summed E-state index contributed by atoms with van der Waals surface area (Å²) in [4.78, 5) is 17.4. The van der Waals surface area contributed by atoms with Crippen LogP contribution >= 0.6 is 0 Å². The molecule has 3 aromatic rings. The van der Waals surface area contributed by atoms with E-state index in [1.807, 2.05) is 55.5 Å². The van der Waals surface area contributed by atoms with Crippen molar-refractivity contribution in [3.8, 4) is 11.5 Å². The first-order valence-corrected chi connectivity index (χ1v) is 11.7. The second kappa shape index (κ2) is 10.9. The quantitative estimate of drug-likeness (QED) is 0.429. The number of aromatic nitrogens is 3. The van der Waals surface area contributed by atoms with E-state index in [0.29, 0.717) is 42.7 Å². The zero-order chi connectivity index (χ0) is 23.9. The van der Waals surface area contributed by atoms with Crippen LogP contribution in [-0.4, -0.2) is 33.9 Å². The van der Waals surface area contributed by atoms with Crippen LogP contribution in [0.5, 0.6) is 11.5 Å². The molecule has 1 aliphatic heterocycles. The SMILES string of the molecule is CCCC1=C(C(=O)OCC)[C@@H](c2ccc(OCc3ccccc3)c(OCC)c2)n2ncnc2N1. The number of esters is 1. The summed E-state index contributed by atoms with van der Waals surface area (Å²) in [5, 5.41) is 7.67. The molecule has 2 aromatic carbocycles. The number of nitrogens with zero attached hydrogens (tertiary/aromatic N) is 3. The predicted octanol–water partition coefficient (Wildman–Crippen LogP) is 4.89. The van der Waals surface area contributed by atoms with Gasteiger partial charge >= 0.3 is 5.97 Å². The van der Waals surface area contributed by atoms with E-state index in [9.17, 15) is 4.79 Å². The average molecular weight is 463 g/mol. The van der Waals surface area contributed by atoms with E-state index in [4.69, 9.17) is 14.2 Å². The summed E-state index contributed by atoms with van der Waals surface area (Å²) in [5.41, 5.74) is 3.23. The van der Waals surface area contributed by atoms with Crippen LogP contribution in [-0.2, 0) is 16.1 Å². The molecule has 0 saturated carbocycles. The number of nitrogens with one attached hydrogen (secondary N) is 1. The van der Waals surface area contributed by atoms with Gasteiger partial charge in [0.05, 0.1) is 18.8 Å². The molecule has 0 bridgehead atoms. The Bertz CT molecular complexity index is 1160. The molecular weight excluding hydrogens is 432 g/mol. The molecule has 0 aliphatic carbocycles. The Hall–Kier alpha value is -3.81. The molecule has 1 aliphatic rings. The van der Waals surface area contributed by atoms with Crippen molar-refractivity contribution in [3.63, 3.8) is 0 Å². The van der Waals surface area contributed by atoms with E-state index in [1.54, 1.807) is 11.6 Å². The number of rotatable bonds is 10. The van der Waals surface area contributed by atoms with Crippen molar-refractivity contribution in [1.82, 2.24) is 14.8 Å². The van der Waals surface area contributed by atoms with Gasteiger partial charge in [-0.15, -0.1) is 0 Å². The maximum absolute atomic E-state index is 13.1. The number of hydrogen-bond acceptors (Lipinski definition) is 7. The summed E-state index contributed by atoms with van der Waals surface area (Å²) < 4.78 is 19.1. The molecule has 0 spiro atoms. The Kier molecular flexibility index (Phi) is 7.47. The van der Waals surface area contributed by atoms with E-state index in [1.165, 1.54) is 6.33 Å². The largest absolute Gasteiger partial charge is 0.490 e. The molecule has 1 aromatic heterocycles. The minimum atomic E-state index is -0.498. The highest BCUT2D eigenvalue weighted by Crippen LogP contribution is 2.40. The van der Waals surface area contributed by atoms with Gasteiger partial charge in [-0.3, -0.25) is 0 Å². The van der Waals surface area contributed by atoms with E-state index < -0.39 is 6.04 Å². The number of ether oxygens (including phenoxy) is 3. The number of benzene rings is 2. The highest BCUT2D eigenvalue weighted by atomic mass is 16.5. The Balaban J connectivity index is 1.74. The monoisotopic (exact) mass is 462 g/mol. The standard InChI is InChI=1S/C26H30N4O4/c1-4-10-20-23(25(31)33-6-3)24(30-26(29-20)27-17-28-30)19-13-14-21(22(15-19)32-5-2)34-16-18-11-8-7-9-12-18/h7-9,11-15,17,24H,4-6,10,16H2,1-3H3,(H,27,28,29)/t24-/m1/s1. The summed E-state index contributed by atoms with van der Waals surface area (Å²) in [6.07, 6.45) is 3.03. The first kappa shape index (κ1) is 23.4. The van der Waals surface area contributed by atoms with Gasteiger partial charge in [0, 0.05) is 5.70 Å². The zero-order valence-corrected chi connectivity index (χ0v) is 19.8. The number of anilines is 1. The van der Waals surface area contributed by atoms with E-state index >= 15 is 0 Å². The number of allylic oxidation sites excluding steroid dienone is 1. The van der Waals surface area contributed by atoms with Gasteiger partial charge in [-0.2, -0.15) is 10.1 Å². The molecule has 0 radical (unpaired) electrons. The molecule has 0 amide bonds. The second-order valence-electron chi connectivity index (χ2n) is 7.83. The molecule has 1 atom stereocenters. The van der Waals surface area contributed by atoms with Crippen molar-refractivity contribution in [3.05, 3.63) is 77.3 Å². The van der Waals surface area contributed by atoms with Gasteiger partial charge in [0.2, 0.25) is 5.95 Å². The highest BCUT2D eigenvalue weighted by Gasteiger charge is 2.35. The topological polar surface area (TPSA) is 87.5 Å². The van der Waals surface area contributed by atoms with Gasteiger partial charge in [-0.05, 0) is 43.5 Å². The lowest BCUT2D eigenvalue weighted by Crippen LogP contribution is -2.30. The fourth-order valence-electron chi connectivity index (χ4n) is 4.03. The van der Waals surface area contributed by atoms with Crippen molar-refractivity contribution in [2.24, 2.45) is 0 Å². The lowest BCUT2D eigenvalue weighted by Gasteiger charge is -2.29. The van der Waals surface area contributed by atoms with Crippen LogP contribution in [0.4, 0.5) is 5.95 Å². The summed E-state index contributed by atoms with van der Waals surface area (Å²) >= 11 is 0. The number of carbonyl (C=O) groups excluding carboxylic acids is 1. The number of fused-ring (bicyclic) bond motifs is 1.